The molecule has 4 heterocycles. The smallest absolute Gasteiger partial charge is 0.315 e. The normalized spacial score (nSPS) is 18.2. The summed E-state index contributed by atoms with van der Waals surface area (Å²) < 4.78 is 0. The minimum Gasteiger partial charge on any atom is -0.346 e. The van der Waals surface area contributed by atoms with Crippen molar-refractivity contribution in [2.75, 3.05) is 27.2 Å². The second kappa shape index (κ2) is 17.9. The predicted molar refractivity (Wildman–Crippen MR) is 214 cm³/mol. The Balaban J connectivity index is 1.23. The van der Waals surface area contributed by atoms with Gasteiger partial charge in [0.2, 0.25) is 11.8 Å². The molecule has 55 heavy (non-hydrogen) atoms. The summed E-state index contributed by atoms with van der Waals surface area (Å²) in [6.45, 7) is 14.9. The molecule has 5 rings (SSSR count). The SMILES string of the molecule is C=C(/C=C\C(=C/C)c1ccc(-c2c[nH]c(C3CCCN3C(=O)[C@@H](NC(=O)NC)C(C)C)n2)cc1)c1c[nH]c([C@@H]2C=CCN2C(=O)C(NC(=O)NC)C(C)C)n1. The standard InChI is InChI=1S/C41H54N10O4/c1-9-27(15-14-26(6)30-22-44-36(46-30)32-12-10-20-50(32)38(52)34(24(2)3)48-40(54)42-7)28-16-18-29(19-17-28)31-23-45-37(47-31)33-13-11-21-51(33)39(53)35(25(4)5)49-41(55)43-8/h9-10,12,14-19,22-25,32-35H,6,11,13,20-21H2,1-5,7-8H3,(H,44,46)(H,45,47)(H2,42,48,54)(H2,43,49,55)/b15-14-,27-9+/t32-,33?,34?,35-/m0/s1. The minimum absolute atomic E-state index is 0.0707. The molecule has 0 aliphatic carbocycles. The molecule has 0 bridgehead atoms. The van der Waals surface area contributed by atoms with Crippen LogP contribution >= 0.6 is 0 Å². The molecule has 292 valence electrons. The van der Waals surface area contributed by atoms with Crippen LogP contribution in [0.15, 0.2) is 73.6 Å². The molecule has 2 aromatic heterocycles. The molecule has 2 unspecified atom stereocenters. The number of likely N-dealkylation sites (tertiary alicyclic amines) is 1. The van der Waals surface area contributed by atoms with Crippen molar-refractivity contribution in [2.24, 2.45) is 11.8 Å². The van der Waals surface area contributed by atoms with Crippen molar-refractivity contribution in [3.63, 3.8) is 0 Å². The summed E-state index contributed by atoms with van der Waals surface area (Å²) in [5, 5.41) is 10.6. The number of carbonyl (C=O) groups is 4. The van der Waals surface area contributed by atoms with Crippen molar-refractivity contribution in [1.29, 1.82) is 0 Å². The van der Waals surface area contributed by atoms with Gasteiger partial charge in [-0.25, -0.2) is 19.6 Å². The number of imidazole rings is 2. The van der Waals surface area contributed by atoms with E-state index in [4.69, 9.17) is 9.97 Å². The van der Waals surface area contributed by atoms with Crippen LogP contribution in [0.4, 0.5) is 9.59 Å². The van der Waals surface area contributed by atoms with Crippen LogP contribution in [0.3, 0.4) is 0 Å². The lowest BCUT2D eigenvalue weighted by Crippen LogP contribution is -2.53. The second-order valence-electron chi connectivity index (χ2n) is 14.5. The Labute approximate surface area is 323 Å². The number of urea groups is 2. The molecule has 1 aromatic carbocycles. The van der Waals surface area contributed by atoms with E-state index in [1.54, 1.807) is 11.1 Å². The van der Waals surface area contributed by atoms with E-state index in [1.807, 2.05) is 100 Å². The molecule has 0 radical (unpaired) electrons. The quantitative estimate of drug-likeness (QED) is 0.0994. The van der Waals surface area contributed by atoms with Crippen molar-refractivity contribution in [1.82, 2.24) is 51.0 Å². The van der Waals surface area contributed by atoms with E-state index in [9.17, 15) is 19.2 Å². The van der Waals surface area contributed by atoms with E-state index in [1.165, 1.54) is 14.1 Å². The van der Waals surface area contributed by atoms with Gasteiger partial charge in [0.05, 0.1) is 17.4 Å². The predicted octanol–water partition coefficient (Wildman–Crippen LogP) is 5.48. The van der Waals surface area contributed by atoms with E-state index in [-0.39, 0.29) is 35.7 Å². The van der Waals surface area contributed by atoms with Crippen LogP contribution in [0, 0.1) is 11.8 Å². The molecule has 2 aliphatic rings. The van der Waals surface area contributed by atoms with Crippen molar-refractivity contribution < 1.29 is 19.2 Å². The Morgan fingerprint density at radius 3 is 2.07 bits per heavy atom. The fourth-order valence-corrected chi connectivity index (χ4v) is 6.89. The first kappa shape index (κ1) is 40.3. The third-order valence-electron chi connectivity index (χ3n) is 10.1. The monoisotopic (exact) mass is 750 g/mol. The van der Waals surface area contributed by atoms with Crippen molar-refractivity contribution in [3.8, 4) is 11.3 Å². The van der Waals surface area contributed by atoms with Gasteiger partial charge in [0.15, 0.2) is 0 Å². The summed E-state index contributed by atoms with van der Waals surface area (Å²) in [6.07, 6.45) is 15.1. The Morgan fingerprint density at radius 1 is 0.855 bits per heavy atom. The number of aromatic amines is 2. The molecular formula is C41H54N10O4. The van der Waals surface area contributed by atoms with E-state index in [0.717, 1.165) is 41.1 Å². The minimum atomic E-state index is -0.677. The van der Waals surface area contributed by atoms with Gasteiger partial charge in [-0.05, 0) is 48.3 Å². The van der Waals surface area contributed by atoms with Crippen molar-refractivity contribution in [3.05, 3.63) is 96.5 Å². The summed E-state index contributed by atoms with van der Waals surface area (Å²) in [5.41, 5.74) is 5.09. The zero-order valence-electron chi connectivity index (χ0n) is 32.8. The van der Waals surface area contributed by atoms with Gasteiger partial charge in [-0.3, -0.25) is 9.59 Å². The van der Waals surface area contributed by atoms with E-state index < -0.39 is 24.2 Å². The van der Waals surface area contributed by atoms with E-state index >= 15 is 0 Å². The lowest BCUT2D eigenvalue weighted by Gasteiger charge is -2.30. The third kappa shape index (κ3) is 9.25. The number of allylic oxidation sites excluding steroid dienone is 5. The number of nitrogens with zero attached hydrogens (tertiary/aromatic N) is 4. The van der Waals surface area contributed by atoms with Gasteiger partial charge in [-0.1, -0.05) is 88.9 Å². The Hall–Kier alpha value is -5.92. The molecule has 14 heteroatoms. The summed E-state index contributed by atoms with van der Waals surface area (Å²) >= 11 is 0. The Kier molecular flexibility index (Phi) is 13.1. The number of aromatic nitrogens is 4. The maximum Gasteiger partial charge on any atom is 0.315 e. The van der Waals surface area contributed by atoms with Crippen molar-refractivity contribution >= 4 is 35.0 Å². The van der Waals surface area contributed by atoms with Crippen LogP contribution < -0.4 is 21.3 Å². The average Bonchev–Trinajstić information content (AvgIpc) is 4.02. The van der Waals surface area contributed by atoms with Gasteiger partial charge < -0.3 is 41.0 Å². The summed E-state index contributed by atoms with van der Waals surface area (Å²) in [5.74, 6) is 0.881. The second-order valence-corrected chi connectivity index (χ2v) is 14.5. The summed E-state index contributed by atoms with van der Waals surface area (Å²) in [4.78, 5) is 70.9. The first-order chi connectivity index (χ1) is 26.4. The number of hydrogen-bond acceptors (Lipinski definition) is 6. The molecule has 0 saturated carbocycles. The zero-order chi connectivity index (χ0) is 39.8. The molecule has 3 aromatic rings. The number of rotatable bonds is 13. The van der Waals surface area contributed by atoms with Crippen molar-refractivity contribution in [2.45, 2.75) is 71.6 Å². The Bertz CT molecular complexity index is 1950. The highest BCUT2D eigenvalue weighted by Crippen LogP contribution is 2.33. The van der Waals surface area contributed by atoms with Crippen LogP contribution in [-0.4, -0.2) is 92.9 Å². The maximum absolute atomic E-state index is 13.6. The molecule has 0 spiro atoms. The van der Waals surface area contributed by atoms with Crippen LogP contribution in [0.1, 0.15) is 82.5 Å². The first-order valence-corrected chi connectivity index (χ1v) is 18.9. The molecular weight excluding hydrogens is 697 g/mol. The van der Waals surface area contributed by atoms with E-state index in [0.29, 0.717) is 30.2 Å². The van der Waals surface area contributed by atoms with Gasteiger partial charge in [-0.2, -0.15) is 0 Å². The molecule has 2 aliphatic heterocycles. The number of benzene rings is 1. The summed E-state index contributed by atoms with van der Waals surface area (Å²) in [6, 6.07) is 5.46. The van der Waals surface area contributed by atoms with Gasteiger partial charge >= 0.3 is 12.1 Å². The Morgan fingerprint density at radius 2 is 1.47 bits per heavy atom. The number of hydrogen-bond donors (Lipinski definition) is 6. The van der Waals surface area contributed by atoms with Crippen LogP contribution in [0.2, 0.25) is 0 Å². The highest BCUT2D eigenvalue weighted by Gasteiger charge is 2.38. The highest BCUT2D eigenvalue weighted by molar-refractivity contribution is 5.89. The number of amides is 6. The maximum atomic E-state index is 13.6. The van der Waals surface area contributed by atoms with E-state index in [2.05, 4.69) is 37.8 Å². The van der Waals surface area contributed by atoms with Crippen LogP contribution in [0.5, 0.6) is 0 Å². The lowest BCUT2D eigenvalue weighted by atomic mass is 10.0. The fourth-order valence-electron chi connectivity index (χ4n) is 6.89. The topological polar surface area (TPSA) is 180 Å². The molecule has 6 amide bonds. The number of nitrogens with one attached hydrogen (secondary N) is 6. The first-order valence-electron chi connectivity index (χ1n) is 18.9. The molecule has 6 N–H and O–H groups in total. The fraction of sp³-hybridized carbons (Fsp3) is 0.415. The molecule has 1 saturated heterocycles. The number of H-pyrrole nitrogens is 2. The van der Waals surface area contributed by atoms with Gasteiger partial charge in [0, 0.05) is 45.1 Å². The number of carbonyl (C=O) groups excluding carboxylic acids is 4. The largest absolute Gasteiger partial charge is 0.346 e. The van der Waals surface area contributed by atoms with Gasteiger partial charge in [-0.15, -0.1) is 0 Å². The molecule has 4 atom stereocenters. The van der Waals surface area contributed by atoms with Gasteiger partial charge in [0.1, 0.15) is 29.8 Å². The molecule has 1 fully saturated rings. The van der Waals surface area contributed by atoms with Crippen LogP contribution in [-0.2, 0) is 9.59 Å². The lowest BCUT2D eigenvalue weighted by molar-refractivity contribution is -0.135. The summed E-state index contributed by atoms with van der Waals surface area (Å²) in [7, 11) is 3.06. The molecule has 14 nitrogen and oxygen atoms in total. The highest BCUT2D eigenvalue weighted by atomic mass is 16.2. The zero-order valence-corrected chi connectivity index (χ0v) is 32.8. The third-order valence-corrected chi connectivity index (χ3v) is 10.1. The van der Waals surface area contributed by atoms with Gasteiger partial charge in [0.25, 0.3) is 0 Å². The van der Waals surface area contributed by atoms with Crippen LogP contribution in [0.25, 0.3) is 22.4 Å². The average molecular weight is 751 g/mol.